The van der Waals surface area contributed by atoms with E-state index in [1.807, 2.05) is 24.0 Å². The highest BCUT2D eigenvalue weighted by molar-refractivity contribution is 7.17. The highest BCUT2D eigenvalue weighted by Gasteiger charge is 2.25. The van der Waals surface area contributed by atoms with E-state index in [-0.39, 0.29) is 5.91 Å². The Labute approximate surface area is 176 Å². The van der Waals surface area contributed by atoms with Crippen LogP contribution in [0.5, 0.6) is 5.75 Å². The first kappa shape index (κ1) is 21.1. The average molecular weight is 422 g/mol. The summed E-state index contributed by atoms with van der Waals surface area (Å²) in [6.45, 7) is 8.82. The van der Waals surface area contributed by atoms with Crippen LogP contribution < -0.4 is 4.74 Å². The Balaban J connectivity index is 1.78. The lowest BCUT2D eigenvalue weighted by atomic mass is 10.2. The number of unbranched alkanes of at least 4 members (excludes halogenated alkanes) is 1. The molecule has 5 nitrogen and oxygen atoms in total. The van der Waals surface area contributed by atoms with Gasteiger partial charge in [-0.15, -0.1) is 11.3 Å². The number of aryl methyl sites for hydroxylation is 1. The number of carbonyl (C=O) groups is 1. The standard InChI is InChI=1S/C21H28ClN3O2S/c1-4-5-9-24-10-6-11-25(13-12-24)21(26)19-15(2)23-20(28-19)17-14-16(22)7-8-18(17)27-3/h7-8,14H,4-6,9-13H2,1-3H3. The van der Waals surface area contributed by atoms with Crippen molar-refractivity contribution in [2.75, 3.05) is 39.8 Å². The molecular weight excluding hydrogens is 394 g/mol. The van der Waals surface area contributed by atoms with Crippen LogP contribution in [0.25, 0.3) is 10.6 Å². The number of aromatic nitrogens is 1. The first-order valence-corrected chi connectivity index (χ1v) is 11.1. The first-order valence-electron chi connectivity index (χ1n) is 9.86. The third-order valence-electron chi connectivity index (χ3n) is 5.09. The summed E-state index contributed by atoms with van der Waals surface area (Å²) in [6.07, 6.45) is 3.43. The van der Waals surface area contributed by atoms with E-state index >= 15 is 0 Å². The number of benzene rings is 1. The van der Waals surface area contributed by atoms with Gasteiger partial charge in [0.25, 0.3) is 5.91 Å². The zero-order valence-electron chi connectivity index (χ0n) is 16.8. The largest absolute Gasteiger partial charge is 0.496 e. The van der Waals surface area contributed by atoms with Gasteiger partial charge in [0, 0.05) is 24.7 Å². The third-order valence-corrected chi connectivity index (χ3v) is 6.50. The minimum absolute atomic E-state index is 0.0830. The van der Waals surface area contributed by atoms with E-state index in [9.17, 15) is 4.79 Å². The predicted octanol–water partition coefficient (Wildman–Crippen LogP) is 4.73. The van der Waals surface area contributed by atoms with Crippen molar-refractivity contribution in [3.8, 4) is 16.3 Å². The Kier molecular flexibility index (Phi) is 7.32. The molecule has 1 aliphatic rings. The van der Waals surface area contributed by atoms with Crippen molar-refractivity contribution in [1.29, 1.82) is 0 Å². The molecule has 1 saturated heterocycles. The van der Waals surface area contributed by atoms with Crippen LogP contribution in [0, 0.1) is 6.92 Å². The van der Waals surface area contributed by atoms with Crippen LogP contribution in [-0.2, 0) is 0 Å². The van der Waals surface area contributed by atoms with Crippen molar-refractivity contribution >= 4 is 28.8 Å². The molecule has 0 N–H and O–H groups in total. The summed E-state index contributed by atoms with van der Waals surface area (Å²) in [5, 5.41) is 1.39. The maximum Gasteiger partial charge on any atom is 0.265 e. The first-order chi connectivity index (χ1) is 13.5. The van der Waals surface area contributed by atoms with Crippen LogP contribution in [0.4, 0.5) is 0 Å². The molecule has 1 amide bonds. The molecule has 1 fully saturated rings. The van der Waals surface area contributed by atoms with Crippen LogP contribution in [-0.4, -0.2) is 60.5 Å². The van der Waals surface area contributed by atoms with Gasteiger partial charge in [-0.05, 0) is 51.1 Å². The molecule has 0 spiro atoms. The number of carbonyl (C=O) groups excluding carboxylic acids is 1. The van der Waals surface area contributed by atoms with Crippen LogP contribution in [0.3, 0.4) is 0 Å². The molecule has 0 unspecified atom stereocenters. The molecule has 1 aromatic carbocycles. The Morgan fingerprint density at radius 1 is 1.29 bits per heavy atom. The Bertz CT molecular complexity index is 824. The van der Waals surface area contributed by atoms with Crippen molar-refractivity contribution in [1.82, 2.24) is 14.8 Å². The summed E-state index contributed by atoms with van der Waals surface area (Å²) in [5.74, 6) is 0.790. The molecule has 28 heavy (non-hydrogen) atoms. The fourth-order valence-corrected chi connectivity index (χ4v) is 4.71. The lowest BCUT2D eigenvalue weighted by molar-refractivity contribution is 0.0765. The number of rotatable bonds is 6. The van der Waals surface area contributed by atoms with Gasteiger partial charge in [-0.3, -0.25) is 4.79 Å². The molecular formula is C21H28ClN3O2S. The SMILES string of the molecule is CCCCN1CCCN(C(=O)c2sc(-c3cc(Cl)ccc3OC)nc2C)CC1. The number of amides is 1. The fraction of sp³-hybridized carbons (Fsp3) is 0.524. The summed E-state index contributed by atoms with van der Waals surface area (Å²) in [7, 11) is 1.63. The molecule has 0 atom stereocenters. The number of thiazole rings is 1. The smallest absolute Gasteiger partial charge is 0.265 e. The van der Waals surface area contributed by atoms with Gasteiger partial charge >= 0.3 is 0 Å². The van der Waals surface area contributed by atoms with E-state index in [1.165, 1.54) is 24.2 Å². The molecule has 7 heteroatoms. The normalized spacial score (nSPS) is 15.5. The summed E-state index contributed by atoms with van der Waals surface area (Å²) >= 11 is 7.58. The number of hydrogen-bond donors (Lipinski definition) is 0. The zero-order chi connectivity index (χ0) is 20.1. The van der Waals surface area contributed by atoms with Gasteiger partial charge in [0.05, 0.1) is 18.4 Å². The van der Waals surface area contributed by atoms with E-state index in [2.05, 4.69) is 16.8 Å². The Morgan fingerprint density at radius 3 is 2.86 bits per heavy atom. The maximum absolute atomic E-state index is 13.2. The second kappa shape index (κ2) is 9.72. The predicted molar refractivity (Wildman–Crippen MR) is 116 cm³/mol. The van der Waals surface area contributed by atoms with Gasteiger partial charge in [-0.2, -0.15) is 0 Å². The zero-order valence-corrected chi connectivity index (χ0v) is 18.4. The van der Waals surface area contributed by atoms with E-state index in [4.69, 9.17) is 16.3 Å². The van der Waals surface area contributed by atoms with Crippen LogP contribution in [0.1, 0.15) is 41.6 Å². The van der Waals surface area contributed by atoms with E-state index in [0.717, 1.165) is 55.4 Å². The second-order valence-corrected chi connectivity index (χ2v) is 8.55. The fourth-order valence-electron chi connectivity index (χ4n) is 3.48. The van der Waals surface area contributed by atoms with Crippen LogP contribution in [0.2, 0.25) is 5.02 Å². The molecule has 0 aliphatic carbocycles. The molecule has 152 valence electrons. The minimum atomic E-state index is 0.0830. The Hall–Kier alpha value is -1.63. The van der Waals surface area contributed by atoms with Gasteiger partial charge < -0.3 is 14.5 Å². The average Bonchev–Trinajstić information content (AvgIpc) is 2.93. The molecule has 1 aliphatic heterocycles. The van der Waals surface area contributed by atoms with Crippen LogP contribution in [0.15, 0.2) is 18.2 Å². The van der Waals surface area contributed by atoms with E-state index < -0.39 is 0 Å². The molecule has 0 saturated carbocycles. The third kappa shape index (κ3) is 4.85. The number of ether oxygens (including phenoxy) is 1. The summed E-state index contributed by atoms with van der Waals surface area (Å²) in [5.41, 5.74) is 1.59. The van der Waals surface area contributed by atoms with Gasteiger partial charge in [-0.25, -0.2) is 4.98 Å². The van der Waals surface area contributed by atoms with Gasteiger partial charge in [0.1, 0.15) is 15.6 Å². The molecule has 2 aromatic rings. The summed E-state index contributed by atoms with van der Waals surface area (Å²) in [4.78, 5) is 23.0. The molecule has 1 aromatic heterocycles. The highest BCUT2D eigenvalue weighted by atomic mass is 35.5. The molecule has 2 heterocycles. The van der Waals surface area contributed by atoms with Crippen molar-refractivity contribution in [3.63, 3.8) is 0 Å². The van der Waals surface area contributed by atoms with Crippen molar-refractivity contribution < 1.29 is 9.53 Å². The maximum atomic E-state index is 13.2. The lowest BCUT2D eigenvalue weighted by Crippen LogP contribution is -2.35. The van der Waals surface area contributed by atoms with Gasteiger partial charge in [0.15, 0.2) is 0 Å². The second-order valence-electron chi connectivity index (χ2n) is 7.12. The van der Waals surface area contributed by atoms with Crippen molar-refractivity contribution in [2.45, 2.75) is 33.1 Å². The summed E-state index contributed by atoms with van der Waals surface area (Å²) in [6, 6.07) is 5.46. The quantitative estimate of drug-likeness (QED) is 0.676. The highest BCUT2D eigenvalue weighted by Crippen LogP contribution is 2.36. The number of hydrogen-bond acceptors (Lipinski definition) is 5. The Morgan fingerprint density at radius 2 is 2.11 bits per heavy atom. The number of halogens is 1. The van der Waals surface area contributed by atoms with Gasteiger partial charge in [-0.1, -0.05) is 24.9 Å². The summed E-state index contributed by atoms with van der Waals surface area (Å²) < 4.78 is 5.45. The number of methoxy groups -OCH3 is 1. The van der Waals surface area contributed by atoms with E-state index in [1.54, 1.807) is 13.2 Å². The number of nitrogens with zero attached hydrogens (tertiary/aromatic N) is 3. The molecule has 0 bridgehead atoms. The topological polar surface area (TPSA) is 45.7 Å². The molecule has 3 rings (SSSR count). The molecule has 0 radical (unpaired) electrons. The van der Waals surface area contributed by atoms with Crippen molar-refractivity contribution in [2.24, 2.45) is 0 Å². The minimum Gasteiger partial charge on any atom is -0.496 e. The van der Waals surface area contributed by atoms with Crippen LogP contribution >= 0.6 is 22.9 Å². The van der Waals surface area contributed by atoms with Crippen molar-refractivity contribution in [3.05, 3.63) is 33.8 Å². The lowest BCUT2D eigenvalue weighted by Gasteiger charge is -2.21. The van der Waals surface area contributed by atoms with Gasteiger partial charge in [0.2, 0.25) is 0 Å². The monoisotopic (exact) mass is 421 g/mol. The van der Waals surface area contributed by atoms with E-state index in [0.29, 0.717) is 15.6 Å².